The second-order valence-corrected chi connectivity index (χ2v) is 2.85. The zero-order valence-corrected chi connectivity index (χ0v) is 8.38. The van der Waals surface area contributed by atoms with Crippen molar-refractivity contribution in [2.75, 3.05) is 0 Å². The van der Waals surface area contributed by atoms with Crippen LogP contribution in [0.5, 0.6) is 0 Å². The molecule has 0 radical (unpaired) electrons. The summed E-state index contributed by atoms with van der Waals surface area (Å²) in [5, 5.41) is 17.4. The fourth-order valence-corrected chi connectivity index (χ4v) is 0.418. The molecule has 0 aliphatic rings. The Bertz CT molecular complexity index is 129. The van der Waals surface area contributed by atoms with Gasteiger partial charge >= 0.3 is 0 Å². The molecule has 0 bridgehead atoms. The van der Waals surface area contributed by atoms with Crippen molar-refractivity contribution < 1.29 is 15.1 Å². The lowest BCUT2D eigenvalue weighted by Crippen LogP contribution is -2.40. The lowest BCUT2D eigenvalue weighted by molar-refractivity contribution is -0.139. The van der Waals surface area contributed by atoms with Gasteiger partial charge in [-0.3, -0.25) is 10.0 Å². The SMILES string of the molecule is CC.CC(C(=O)NO)C(C)(C)O. The van der Waals surface area contributed by atoms with Gasteiger partial charge in [0.15, 0.2) is 0 Å². The average molecular weight is 177 g/mol. The molecule has 0 saturated carbocycles. The summed E-state index contributed by atoms with van der Waals surface area (Å²) in [6.07, 6.45) is 0. The lowest BCUT2D eigenvalue weighted by Gasteiger charge is -2.23. The largest absolute Gasteiger partial charge is 0.390 e. The predicted molar refractivity (Wildman–Crippen MR) is 46.7 cm³/mol. The van der Waals surface area contributed by atoms with E-state index in [0.717, 1.165) is 0 Å². The summed E-state index contributed by atoms with van der Waals surface area (Å²) in [5.41, 5.74) is 0.382. The molecule has 74 valence electrons. The van der Waals surface area contributed by atoms with Gasteiger partial charge in [0.1, 0.15) is 0 Å². The van der Waals surface area contributed by atoms with Gasteiger partial charge in [-0.05, 0) is 13.8 Å². The molecule has 0 aliphatic heterocycles. The third-order valence-corrected chi connectivity index (χ3v) is 1.56. The highest BCUT2D eigenvalue weighted by Crippen LogP contribution is 2.14. The first kappa shape index (κ1) is 13.9. The molecule has 0 fully saturated rings. The zero-order chi connectivity index (χ0) is 10.4. The van der Waals surface area contributed by atoms with Gasteiger partial charge in [-0.1, -0.05) is 20.8 Å². The number of carbonyl (C=O) groups is 1. The van der Waals surface area contributed by atoms with Gasteiger partial charge in [-0.25, -0.2) is 5.48 Å². The maximum Gasteiger partial charge on any atom is 0.249 e. The van der Waals surface area contributed by atoms with Crippen LogP contribution >= 0.6 is 0 Å². The first-order valence-corrected chi connectivity index (χ1v) is 4.06. The number of aliphatic hydroxyl groups is 1. The standard InChI is InChI=1S/C6H13NO3.C2H6/c1-4(5(8)7-10)6(2,3)9;1-2/h4,9-10H,1-3H3,(H,7,8);1-2H3. The highest BCUT2D eigenvalue weighted by Gasteiger charge is 2.28. The van der Waals surface area contributed by atoms with E-state index in [9.17, 15) is 9.90 Å². The van der Waals surface area contributed by atoms with E-state index in [1.54, 1.807) is 0 Å². The van der Waals surface area contributed by atoms with Crippen LogP contribution in [-0.2, 0) is 4.79 Å². The molecule has 1 amide bonds. The van der Waals surface area contributed by atoms with Crippen LogP contribution < -0.4 is 5.48 Å². The summed E-state index contributed by atoms with van der Waals surface area (Å²) in [5.74, 6) is -1.19. The van der Waals surface area contributed by atoms with Gasteiger partial charge in [0.05, 0.1) is 11.5 Å². The van der Waals surface area contributed by atoms with E-state index >= 15 is 0 Å². The second-order valence-electron chi connectivity index (χ2n) is 2.85. The van der Waals surface area contributed by atoms with Crippen LogP contribution in [0.15, 0.2) is 0 Å². The first-order chi connectivity index (χ1) is 5.39. The highest BCUT2D eigenvalue weighted by molar-refractivity contribution is 5.78. The van der Waals surface area contributed by atoms with E-state index < -0.39 is 17.4 Å². The molecule has 0 spiro atoms. The van der Waals surface area contributed by atoms with E-state index in [1.165, 1.54) is 26.3 Å². The molecule has 3 N–H and O–H groups in total. The van der Waals surface area contributed by atoms with Gasteiger partial charge in [-0.2, -0.15) is 0 Å². The minimum absolute atomic E-state index is 0.576. The number of amides is 1. The summed E-state index contributed by atoms with van der Waals surface area (Å²) in [7, 11) is 0. The summed E-state index contributed by atoms with van der Waals surface area (Å²) < 4.78 is 0. The van der Waals surface area contributed by atoms with Crippen molar-refractivity contribution in [2.45, 2.75) is 40.2 Å². The monoisotopic (exact) mass is 177 g/mol. The van der Waals surface area contributed by atoms with Crippen LogP contribution in [0.3, 0.4) is 0 Å². The molecule has 1 unspecified atom stereocenters. The van der Waals surface area contributed by atoms with Crippen molar-refractivity contribution in [2.24, 2.45) is 5.92 Å². The molecule has 4 heteroatoms. The Labute approximate surface area is 73.6 Å². The molecular weight excluding hydrogens is 158 g/mol. The molecule has 0 aromatic carbocycles. The van der Waals surface area contributed by atoms with E-state index in [1.807, 2.05) is 13.8 Å². The Morgan fingerprint density at radius 2 is 1.75 bits per heavy atom. The van der Waals surface area contributed by atoms with Crippen LogP contribution in [0.1, 0.15) is 34.6 Å². The van der Waals surface area contributed by atoms with Crippen LogP contribution in [0, 0.1) is 5.92 Å². The highest BCUT2D eigenvalue weighted by atomic mass is 16.5. The van der Waals surface area contributed by atoms with Crippen molar-refractivity contribution >= 4 is 5.91 Å². The van der Waals surface area contributed by atoms with Crippen molar-refractivity contribution in [3.8, 4) is 0 Å². The number of hydroxylamine groups is 1. The van der Waals surface area contributed by atoms with E-state index in [4.69, 9.17) is 5.21 Å². The van der Waals surface area contributed by atoms with Gasteiger partial charge in [0.25, 0.3) is 0 Å². The maximum absolute atomic E-state index is 10.6. The van der Waals surface area contributed by atoms with Gasteiger partial charge in [0, 0.05) is 0 Å². The Balaban J connectivity index is 0. The Hall–Kier alpha value is -0.610. The normalized spacial score (nSPS) is 12.6. The topological polar surface area (TPSA) is 69.6 Å². The van der Waals surface area contributed by atoms with Crippen molar-refractivity contribution in [1.82, 2.24) is 5.48 Å². The third-order valence-electron chi connectivity index (χ3n) is 1.56. The molecule has 4 nitrogen and oxygen atoms in total. The Morgan fingerprint density at radius 1 is 1.42 bits per heavy atom. The third kappa shape index (κ3) is 5.09. The number of hydrogen-bond acceptors (Lipinski definition) is 3. The average Bonchev–Trinajstić information content (AvgIpc) is 2.04. The molecule has 0 heterocycles. The van der Waals surface area contributed by atoms with Gasteiger partial charge in [0.2, 0.25) is 5.91 Å². The molecule has 0 aliphatic carbocycles. The summed E-state index contributed by atoms with van der Waals surface area (Å²) >= 11 is 0. The van der Waals surface area contributed by atoms with E-state index in [0.29, 0.717) is 0 Å². The van der Waals surface area contributed by atoms with Crippen LogP contribution in [-0.4, -0.2) is 21.8 Å². The zero-order valence-electron chi connectivity index (χ0n) is 8.38. The second kappa shape index (κ2) is 5.97. The minimum Gasteiger partial charge on any atom is -0.390 e. The summed E-state index contributed by atoms with van der Waals surface area (Å²) in [6.45, 7) is 8.55. The summed E-state index contributed by atoms with van der Waals surface area (Å²) in [6, 6.07) is 0. The van der Waals surface area contributed by atoms with E-state index in [2.05, 4.69) is 0 Å². The van der Waals surface area contributed by atoms with Gasteiger partial charge < -0.3 is 5.11 Å². The van der Waals surface area contributed by atoms with Gasteiger partial charge in [-0.15, -0.1) is 0 Å². The molecule has 0 aromatic rings. The van der Waals surface area contributed by atoms with Crippen LogP contribution in [0.2, 0.25) is 0 Å². The molecule has 0 saturated heterocycles. The molecule has 1 atom stereocenters. The fourth-order valence-electron chi connectivity index (χ4n) is 0.418. The number of rotatable bonds is 2. The van der Waals surface area contributed by atoms with Crippen LogP contribution in [0.25, 0.3) is 0 Å². The minimum atomic E-state index is -1.09. The maximum atomic E-state index is 10.6. The fraction of sp³-hybridized carbons (Fsp3) is 0.875. The van der Waals surface area contributed by atoms with Crippen LogP contribution in [0.4, 0.5) is 0 Å². The predicted octanol–water partition coefficient (Wildman–Crippen LogP) is 0.925. The number of nitrogens with one attached hydrogen (secondary N) is 1. The Kier molecular flexibility index (Phi) is 6.94. The number of carbonyl (C=O) groups excluding carboxylic acids is 1. The molecule has 12 heavy (non-hydrogen) atoms. The molecule has 0 aromatic heterocycles. The molecule has 0 rings (SSSR count). The van der Waals surface area contributed by atoms with E-state index in [-0.39, 0.29) is 0 Å². The van der Waals surface area contributed by atoms with Crippen molar-refractivity contribution in [1.29, 1.82) is 0 Å². The van der Waals surface area contributed by atoms with Crippen molar-refractivity contribution in [3.63, 3.8) is 0 Å². The number of hydrogen-bond donors (Lipinski definition) is 3. The van der Waals surface area contributed by atoms with Crippen molar-refractivity contribution in [3.05, 3.63) is 0 Å². The summed E-state index contributed by atoms with van der Waals surface area (Å²) in [4.78, 5) is 10.6. The quantitative estimate of drug-likeness (QED) is 0.434. The smallest absolute Gasteiger partial charge is 0.249 e. The first-order valence-electron chi connectivity index (χ1n) is 4.06. The molecular formula is C8H19NO3. The lowest BCUT2D eigenvalue weighted by atomic mass is 9.92. The Morgan fingerprint density at radius 3 is 1.83 bits per heavy atom.